The number of fused-ring (bicyclic) bond motifs is 1. The quantitative estimate of drug-likeness (QED) is 0.594. The van der Waals surface area contributed by atoms with Gasteiger partial charge in [-0.05, 0) is 55.3 Å². The normalized spacial score (nSPS) is 15.5. The molecule has 1 fully saturated rings. The van der Waals surface area contributed by atoms with Crippen LogP contribution in [0.1, 0.15) is 23.2 Å². The predicted molar refractivity (Wildman–Crippen MR) is 110 cm³/mol. The molecule has 0 unspecified atom stereocenters. The highest BCUT2D eigenvalue weighted by atomic mass is 32.2. The molecule has 9 heteroatoms. The first kappa shape index (κ1) is 20.3. The number of rotatable bonds is 4. The number of carbonyl (C=O) groups is 1. The van der Waals surface area contributed by atoms with E-state index in [0.717, 1.165) is 17.5 Å². The molecule has 0 atom stereocenters. The zero-order valence-corrected chi connectivity index (χ0v) is 17.5. The Kier molecular flexibility index (Phi) is 5.23. The van der Waals surface area contributed by atoms with Crippen molar-refractivity contribution in [2.45, 2.75) is 23.0 Å². The van der Waals surface area contributed by atoms with Crippen LogP contribution in [-0.2, 0) is 16.9 Å². The van der Waals surface area contributed by atoms with E-state index >= 15 is 0 Å². The van der Waals surface area contributed by atoms with E-state index in [1.54, 1.807) is 41.9 Å². The van der Waals surface area contributed by atoms with Crippen molar-refractivity contribution in [3.8, 4) is 5.88 Å². The molecule has 0 N–H and O–H groups in total. The Balaban J connectivity index is 1.48. The van der Waals surface area contributed by atoms with E-state index in [-0.39, 0.29) is 10.8 Å². The molecule has 2 heterocycles. The summed E-state index contributed by atoms with van der Waals surface area (Å²) in [6, 6.07) is 10.1. The van der Waals surface area contributed by atoms with Gasteiger partial charge >= 0.3 is 0 Å². The first-order chi connectivity index (χ1) is 14.3. The van der Waals surface area contributed by atoms with Gasteiger partial charge in [0.15, 0.2) is 9.84 Å². The molecular formula is C21H22FN3O4S. The first-order valence-corrected chi connectivity index (χ1v) is 11.2. The van der Waals surface area contributed by atoms with E-state index in [4.69, 9.17) is 4.74 Å². The third kappa shape index (κ3) is 3.54. The van der Waals surface area contributed by atoms with Crippen LogP contribution in [0.4, 0.5) is 4.39 Å². The zero-order chi connectivity index (χ0) is 21.5. The Labute approximate surface area is 174 Å². The molecule has 0 aliphatic carbocycles. The fourth-order valence-corrected chi connectivity index (χ4v) is 5.65. The van der Waals surface area contributed by atoms with Crippen LogP contribution < -0.4 is 4.74 Å². The molecule has 7 nitrogen and oxygen atoms in total. The molecule has 0 radical (unpaired) electrons. The van der Waals surface area contributed by atoms with Crippen LogP contribution in [0.2, 0.25) is 0 Å². The second kappa shape index (κ2) is 7.71. The smallest absolute Gasteiger partial charge is 0.253 e. The van der Waals surface area contributed by atoms with Crippen molar-refractivity contribution in [3.05, 3.63) is 53.8 Å². The highest BCUT2D eigenvalue weighted by Gasteiger charge is 2.33. The fraction of sp³-hybridized carbons (Fsp3) is 0.333. The van der Waals surface area contributed by atoms with E-state index in [1.807, 2.05) is 0 Å². The maximum absolute atomic E-state index is 13.1. The largest absolute Gasteiger partial charge is 0.481 e. The molecule has 1 aromatic heterocycles. The van der Waals surface area contributed by atoms with Crippen molar-refractivity contribution in [1.29, 1.82) is 0 Å². The summed E-state index contributed by atoms with van der Waals surface area (Å²) >= 11 is 0. The van der Waals surface area contributed by atoms with Crippen molar-refractivity contribution < 1.29 is 22.3 Å². The molecule has 158 valence electrons. The summed E-state index contributed by atoms with van der Waals surface area (Å²) in [5, 5.41) is 4.60. The molecule has 30 heavy (non-hydrogen) atoms. The first-order valence-electron chi connectivity index (χ1n) is 9.61. The van der Waals surface area contributed by atoms with Gasteiger partial charge in [0.1, 0.15) is 5.82 Å². The summed E-state index contributed by atoms with van der Waals surface area (Å²) in [5.41, 5.74) is 1.16. The number of amides is 1. The highest BCUT2D eigenvalue weighted by molar-refractivity contribution is 7.92. The van der Waals surface area contributed by atoms with Gasteiger partial charge in [0.2, 0.25) is 5.88 Å². The number of methoxy groups -OCH3 is 1. The van der Waals surface area contributed by atoms with Gasteiger partial charge in [-0.3, -0.25) is 4.79 Å². The van der Waals surface area contributed by atoms with Crippen molar-refractivity contribution in [2.24, 2.45) is 7.05 Å². The number of aryl methyl sites for hydroxylation is 1. The molecule has 4 rings (SSSR count). The molecule has 0 saturated carbocycles. The number of piperidine rings is 1. The van der Waals surface area contributed by atoms with Gasteiger partial charge in [-0.15, -0.1) is 0 Å². The minimum Gasteiger partial charge on any atom is -0.481 e. The second-order valence-corrected chi connectivity index (χ2v) is 9.58. The van der Waals surface area contributed by atoms with Gasteiger partial charge in [-0.1, -0.05) is 0 Å². The second-order valence-electron chi connectivity index (χ2n) is 7.36. The van der Waals surface area contributed by atoms with E-state index in [1.165, 1.54) is 12.1 Å². The standard InChI is InChI=1S/C21H22FN3O4S/c1-24-21(29-2)18-8-3-14(13-19(18)23-24)20(26)25-11-9-17(10-12-25)30(27,28)16-6-4-15(22)5-7-16/h3-8,13,17H,9-12H2,1-2H3. The van der Waals surface area contributed by atoms with E-state index < -0.39 is 20.9 Å². The van der Waals surface area contributed by atoms with Crippen LogP contribution >= 0.6 is 0 Å². The number of nitrogens with zero attached hydrogens (tertiary/aromatic N) is 3. The SMILES string of the molecule is COc1c2ccc(C(=O)N3CCC(S(=O)(=O)c4ccc(F)cc4)CC3)cc2nn1C. The van der Waals surface area contributed by atoms with Crippen molar-refractivity contribution in [3.63, 3.8) is 0 Å². The van der Waals surface area contributed by atoms with Gasteiger partial charge in [0.05, 0.1) is 28.2 Å². The monoisotopic (exact) mass is 431 g/mol. The molecule has 1 saturated heterocycles. The lowest BCUT2D eigenvalue weighted by molar-refractivity contribution is 0.0726. The molecule has 2 aromatic carbocycles. The number of aromatic nitrogens is 2. The summed E-state index contributed by atoms with van der Waals surface area (Å²) in [6.45, 7) is 0.682. The van der Waals surface area contributed by atoms with Gasteiger partial charge in [0, 0.05) is 25.7 Å². The average Bonchev–Trinajstić information content (AvgIpc) is 3.07. The van der Waals surface area contributed by atoms with Crippen molar-refractivity contribution >= 4 is 26.6 Å². The number of halogens is 1. The van der Waals surface area contributed by atoms with Crippen LogP contribution in [0.15, 0.2) is 47.4 Å². The minimum absolute atomic E-state index is 0.114. The maximum Gasteiger partial charge on any atom is 0.253 e. The number of likely N-dealkylation sites (tertiary alicyclic amines) is 1. The van der Waals surface area contributed by atoms with E-state index in [2.05, 4.69) is 5.10 Å². The Morgan fingerprint density at radius 1 is 1.13 bits per heavy atom. The van der Waals surface area contributed by atoms with Crippen LogP contribution in [-0.4, -0.2) is 54.5 Å². The third-order valence-corrected chi connectivity index (χ3v) is 7.81. The Hall–Kier alpha value is -2.94. The number of sulfone groups is 1. The Bertz CT molecular complexity index is 1200. The summed E-state index contributed by atoms with van der Waals surface area (Å²) in [7, 11) is -0.218. The fourth-order valence-electron chi connectivity index (χ4n) is 3.92. The predicted octanol–water partition coefficient (Wildman–Crippen LogP) is 2.80. The van der Waals surface area contributed by atoms with Gasteiger partial charge in [-0.25, -0.2) is 17.5 Å². The van der Waals surface area contributed by atoms with Gasteiger partial charge in [0.25, 0.3) is 5.91 Å². The molecule has 1 amide bonds. The number of hydrogen-bond acceptors (Lipinski definition) is 5. The minimum atomic E-state index is -3.56. The van der Waals surface area contributed by atoms with Crippen LogP contribution in [0, 0.1) is 5.82 Å². The summed E-state index contributed by atoms with van der Waals surface area (Å²) in [6.07, 6.45) is 0.677. The van der Waals surface area contributed by atoms with Crippen LogP contribution in [0.3, 0.4) is 0 Å². The highest BCUT2D eigenvalue weighted by Crippen LogP contribution is 2.28. The summed E-state index contributed by atoms with van der Waals surface area (Å²) in [4.78, 5) is 14.7. The lowest BCUT2D eigenvalue weighted by Gasteiger charge is -2.31. The molecule has 0 bridgehead atoms. The summed E-state index contributed by atoms with van der Waals surface area (Å²) in [5.74, 6) is -0.00757. The van der Waals surface area contributed by atoms with E-state index in [9.17, 15) is 17.6 Å². The molecule has 1 aliphatic rings. The maximum atomic E-state index is 13.1. The number of hydrogen-bond donors (Lipinski definition) is 0. The Morgan fingerprint density at radius 2 is 1.80 bits per heavy atom. The summed E-state index contributed by atoms with van der Waals surface area (Å²) < 4.78 is 45.7. The number of ether oxygens (including phenoxy) is 1. The van der Waals surface area contributed by atoms with Crippen LogP contribution in [0.5, 0.6) is 5.88 Å². The lowest BCUT2D eigenvalue weighted by atomic mass is 10.1. The van der Waals surface area contributed by atoms with Crippen LogP contribution in [0.25, 0.3) is 10.9 Å². The molecule has 1 aliphatic heterocycles. The van der Waals surface area contributed by atoms with Crippen molar-refractivity contribution in [2.75, 3.05) is 20.2 Å². The third-order valence-electron chi connectivity index (χ3n) is 5.53. The molecule has 3 aromatic rings. The number of carbonyl (C=O) groups excluding carboxylic acids is 1. The van der Waals surface area contributed by atoms with Gasteiger partial charge < -0.3 is 9.64 Å². The zero-order valence-electron chi connectivity index (χ0n) is 16.7. The van der Waals surface area contributed by atoms with E-state index in [0.29, 0.717) is 42.9 Å². The molecular weight excluding hydrogens is 409 g/mol. The number of benzene rings is 2. The lowest BCUT2D eigenvalue weighted by Crippen LogP contribution is -2.42. The molecule has 0 spiro atoms. The Morgan fingerprint density at radius 3 is 2.43 bits per heavy atom. The topological polar surface area (TPSA) is 81.5 Å². The average molecular weight is 431 g/mol. The van der Waals surface area contributed by atoms with Gasteiger partial charge in [-0.2, -0.15) is 5.10 Å². The van der Waals surface area contributed by atoms with Crippen molar-refractivity contribution in [1.82, 2.24) is 14.7 Å².